The van der Waals surface area contributed by atoms with Gasteiger partial charge in [-0.3, -0.25) is 19.9 Å². The Kier molecular flexibility index (Phi) is 3.99. The molecule has 0 spiro atoms. The highest BCUT2D eigenvalue weighted by molar-refractivity contribution is 5.95. The second-order valence-electron chi connectivity index (χ2n) is 5.17. The third-order valence-electron chi connectivity index (χ3n) is 3.49. The highest BCUT2D eigenvalue weighted by Gasteiger charge is 2.31. The number of aliphatic hydroxyl groups excluding tert-OH is 1. The van der Waals surface area contributed by atoms with E-state index < -0.39 is 11.0 Å². The average molecular weight is 279 g/mol. The molecule has 1 aliphatic rings. The summed E-state index contributed by atoms with van der Waals surface area (Å²) in [5, 5.41) is 20.6. The zero-order valence-corrected chi connectivity index (χ0v) is 11.4. The SMILES string of the molecule is Cc1ncc([N+](=O)[O-])cc1C(=O)N(C)CC(O)C1CC1. The molecule has 1 amide bonds. The van der Waals surface area contributed by atoms with Crippen LogP contribution in [0, 0.1) is 23.0 Å². The number of nitro groups is 1. The molecule has 0 radical (unpaired) electrons. The Balaban J connectivity index is 2.14. The van der Waals surface area contributed by atoms with Crippen molar-refractivity contribution in [2.45, 2.75) is 25.9 Å². The first-order chi connectivity index (χ1) is 9.40. The smallest absolute Gasteiger partial charge is 0.288 e. The van der Waals surface area contributed by atoms with Gasteiger partial charge < -0.3 is 10.0 Å². The van der Waals surface area contributed by atoms with Gasteiger partial charge in [0, 0.05) is 19.7 Å². The second kappa shape index (κ2) is 5.54. The fraction of sp³-hybridized carbons (Fsp3) is 0.538. The monoisotopic (exact) mass is 279 g/mol. The van der Waals surface area contributed by atoms with Crippen LogP contribution in [0.5, 0.6) is 0 Å². The fourth-order valence-corrected chi connectivity index (χ4v) is 2.04. The summed E-state index contributed by atoms with van der Waals surface area (Å²) < 4.78 is 0. The predicted molar refractivity (Wildman–Crippen MR) is 71.3 cm³/mol. The summed E-state index contributed by atoms with van der Waals surface area (Å²) >= 11 is 0. The zero-order chi connectivity index (χ0) is 14.9. The van der Waals surface area contributed by atoms with Crippen molar-refractivity contribution in [3.63, 3.8) is 0 Å². The molecule has 1 aromatic heterocycles. The summed E-state index contributed by atoms with van der Waals surface area (Å²) in [5.74, 6) is -0.0898. The minimum absolute atomic E-state index is 0.199. The Morgan fingerprint density at radius 2 is 2.30 bits per heavy atom. The van der Waals surface area contributed by atoms with E-state index in [0.29, 0.717) is 5.69 Å². The van der Waals surface area contributed by atoms with Crippen molar-refractivity contribution in [1.82, 2.24) is 9.88 Å². The van der Waals surface area contributed by atoms with Gasteiger partial charge in [-0.2, -0.15) is 0 Å². The predicted octanol–water partition coefficient (Wildman–Crippen LogP) is 1.14. The first-order valence-electron chi connectivity index (χ1n) is 6.44. The van der Waals surface area contributed by atoms with E-state index >= 15 is 0 Å². The first kappa shape index (κ1) is 14.4. The maximum atomic E-state index is 12.3. The largest absolute Gasteiger partial charge is 0.391 e. The number of aryl methyl sites for hydroxylation is 1. The lowest BCUT2D eigenvalue weighted by atomic mass is 10.1. The van der Waals surface area contributed by atoms with E-state index in [9.17, 15) is 20.0 Å². The van der Waals surface area contributed by atoms with Crippen molar-refractivity contribution in [1.29, 1.82) is 0 Å². The number of carbonyl (C=O) groups excluding carboxylic acids is 1. The lowest BCUT2D eigenvalue weighted by molar-refractivity contribution is -0.385. The number of carbonyl (C=O) groups is 1. The minimum atomic E-state index is -0.581. The van der Waals surface area contributed by atoms with Crippen molar-refractivity contribution in [3.05, 3.63) is 33.6 Å². The van der Waals surface area contributed by atoms with Crippen LogP contribution in [-0.2, 0) is 0 Å². The van der Waals surface area contributed by atoms with Gasteiger partial charge in [0.05, 0.1) is 22.3 Å². The molecule has 0 saturated heterocycles. The van der Waals surface area contributed by atoms with Crippen LogP contribution in [0.4, 0.5) is 5.69 Å². The second-order valence-corrected chi connectivity index (χ2v) is 5.17. The maximum absolute atomic E-state index is 12.3. The Hall–Kier alpha value is -2.02. The van der Waals surface area contributed by atoms with E-state index in [1.165, 1.54) is 11.0 Å². The first-order valence-corrected chi connectivity index (χ1v) is 6.44. The van der Waals surface area contributed by atoms with E-state index in [0.717, 1.165) is 19.0 Å². The molecule has 1 aromatic rings. The summed E-state index contributed by atoms with van der Waals surface area (Å²) in [6, 6.07) is 1.23. The molecule has 7 nitrogen and oxygen atoms in total. The maximum Gasteiger partial charge on any atom is 0.288 e. The number of hydrogen-bond donors (Lipinski definition) is 1. The van der Waals surface area contributed by atoms with E-state index in [1.807, 2.05) is 0 Å². The third kappa shape index (κ3) is 3.11. The number of aromatic nitrogens is 1. The molecule has 1 heterocycles. The number of pyridine rings is 1. The van der Waals surface area contributed by atoms with Crippen LogP contribution in [0.2, 0.25) is 0 Å². The number of hydrogen-bond acceptors (Lipinski definition) is 5. The average Bonchev–Trinajstić information content (AvgIpc) is 3.22. The molecule has 1 N–H and O–H groups in total. The van der Waals surface area contributed by atoms with E-state index in [1.54, 1.807) is 14.0 Å². The summed E-state index contributed by atoms with van der Waals surface area (Å²) in [6.45, 7) is 1.85. The van der Waals surface area contributed by atoms with E-state index in [4.69, 9.17) is 0 Å². The van der Waals surface area contributed by atoms with Crippen molar-refractivity contribution >= 4 is 11.6 Å². The van der Waals surface area contributed by atoms with Crippen molar-refractivity contribution in [3.8, 4) is 0 Å². The van der Waals surface area contributed by atoms with Gasteiger partial charge in [0.25, 0.3) is 11.6 Å². The van der Waals surface area contributed by atoms with Gasteiger partial charge in [-0.1, -0.05) is 0 Å². The van der Waals surface area contributed by atoms with Gasteiger partial charge in [0.2, 0.25) is 0 Å². The molecule has 20 heavy (non-hydrogen) atoms. The van der Waals surface area contributed by atoms with Crippen LogP contribution in [0.1, 0.15) is 28.9 Å². The summed E-state index contributed by atoms with van der Waals surface area (Å²) in [7, 11) is 1.58. The Bertz CT molecular complexity index is 542. The molecule has 0 bridgehead atoms. The third-order valence-corrected chi connectivity index (χ3v) is 3.49. The lowest BCUT2D eigenvalue weighted by Crippen LogP contribution is -2.35. The molecule has 1 fully saturated rings. The van der Waals surface area contributed by atoms with Gasteiger partial charge in [-0.05, 0) is 25.7 Å². The molecule has 0 aromatic carbocycles. The normalized spacial score (nSPS) is 15.8. The summed E-state index contributed by atoms with van der Waals surface area (Å²) in [4.78, 5) is 27.7. The van der Waals surface area contributed by atoms with Crippen LogP contribution in [0.15, 0.2) is 12.3 Å². The van der Waals surface area contributed by atoms with Crippen LogP contribution in [0.3, 0.4) is 0 Å². The van der Waals surface area contributed by atoms with Crippen molar-refractivity contribution < 1.29 is 14.8 Å². The van der Waals surface area contributed by atoms with Crippen LogP contribution < -0.4 is 0 Å². The Morgan fingerprint density at radius 3 is 2.85 bits per heavy atom. The highest BCUT2D eigenvalue weighted by atomic mass is 16.6. The molecule has 1 saturated carbocycles. The van der Waals surface area contributed by atoms with E-state index in [2.05, 4.69) is 4.98 Å². The highest BCUT2D eigenvalue weighted by Crippen LogP contribution is 2.32. The topological polar surface area (TPSA) is 96.6 Å². The van der Waals surface area contributed by atoms with Gasteiger partial charge >= 0.3 is 0 Å². The van der Waals surface area contributed by atoms with E-state index in [-0.39, 0.29) is 29.6 Å². The standard InChI is InChI=1S/C13H17N3O4/c1-8-11(5-10(6-14-8)16(19)20)13(18)15(2)7-12(17)9-3-4-9/h5-6,9,12,17H,3-4,7H2,1-2H3. The molecule has 2 rings (SSSR count). The number of amides is 1. The van der Waals surface area contributed by atoms with Crippen molar-refractivity contribution in [2.24, 2.45) is 5.92 Å². The molecular weight excluding hydrogens is 262 g/mol. The van der Waals surface area contributed by atoms with Crippen LogP contribution >= 0.6 is 0 Å². The molecule has 1 aliphatic carbocycles. The lowest BCUT2D eigenvalue weighted by Gasteiger charge is -2.21. The Labute approximate surface area is 116 Å². The molecular formula is C13H17N3O4. The molecule has 1 atom stereocenters. The number of rotatable bonds is 5. The van der Waals surface area contributed by atoms with Crippen molar-refractivity contribution in [2.75, 3.05) is 13.6 Å². The molecule has 108 valence electrons. The van der Waals surface area contributed by atoms with Gasteiger partial charge in [-0.25, -0.2) is 0 Å². The van der Waals surface area contributed by atoms with Gasteiger partial charge in [0.15, 0.2) is 0 Å². The van der Waals surface area contributed by atoms with Gasteiger partial charge in [-0.15, -0.1) is 0 Å². The summed E-state index contributed by atoms with van der Waals surface area (Å²) in [5.41, 5.74) is 0.424. The fourth-order valence-electron chi connectivity index (χ4n) is 2.04. The number of likely N-dealkylation sites (N-methyl/N-ethyl adjacent to an activating group) is 1. The van der Waals surface area contributed by atoms with Crippen LogP contribution in [0.25, 0.3) is 0 Å². The zero-order valence-electron chi connectivity index (χ0n) is 11.4. The molecule has 1 unspecified atom stereocenters. The number of aliphatic hydroxyl groups is 1. The summed E-state index contributed by atoms with van der Waals surface area (Å²) in [6.07, 6.45) is 2.57. The van der Waals surface area contributed by atoms with Gasteiger partial charge in [0.1, 0.15) is 6.20 Å². The number of nitrogens with zero attached hydrogens (tertiary/aromatic N) is 3. The quantitative estimate of drug-likeness (QED) is 0.644. The molecule has 0 aliphatic heterocycles. The Morgan fingerprint density at radius 1 is 1.65 bits per heavy atom. The van der Waals surface area contributed by atoms with Crippen LogP contribution in [-0.4, -0.2) is 45.5 Å². The molecule has 7 heteroatoms. The minimum Gasteiger partial charge on any atom is -0.391 e.